The normalized spacial score (nSPS) is 37.6. The Balaban J connectivity index is 1.88. The maximum atomic E-state index is 2.74. The first-order chi connectivity index (χ1) is 6.38. The molecule has 1 heterocycles. The highest BCUT2D eigenvalue weighted by Crippen LogP contribution is 2.29. The summed E-state index contributed by atoms with van der Waals surface area (Å²) in [6.07, 6.45) is 11.0. The number of hydrogen-bond donors (Lipinski definition) is 0. The molecule has 1 saturated heterocycles. The Hall–Kier alpha value is -0.0400. The molecule has 0 N–H and O–H groups in total. The monoisotopic (exact) mass is 180 g/mol. The molecule has 0 spiro atoms. The maximum Gasteiger partial charge on any atom is 0.0121 e. The molecule has 2 rings (SSSR count). The average Bonchev–Trinajstić information content (AvgIpc) is 2.20. The van der Waals surface area contributed by atoms with Gasteiger partial charge in [-0.3, -0.25) is 0 Å². The van der Waals surface area contributed by atoms with Crippen molar-refractivity contribution in [2.45, 2.75) is 51.5 Å². The van der Waals surface area contributed by atoms with Gasteiger partial charge in [0.2, 0.25) is 0 Å². The van der Waals surface area contributed by atoms with E-state index in [0.717, 1.165) is 12.0 Å². The molecule has 0 aromatic rings. The molecule has 0 aromatic carbocycles. The highest BCUT2D eigenvalue weighted by atomic mass is 15.2. The van der Waals surface area contributed by atoms with Gasteiger partial charge in [0, 0.05) is 6.04 Å². The number of hydrogen-bond acceptors (Lipinski definition) is 1. The molecule has 1 heteroatoms. The van der Waals surface area contributed by atoms with E-state index in [0.29, 0.717) is 0 Å². The number of nitrogens with zero attached hydrogens (tertiary/aromatic N) is 1. The summed E-state index contributed by atoms with van der Waals surface area (Å²) >= 11 is 0. The summed E-state index contributed by atoms with van der Waals surface area (Å²) in [5.41, 5.74) is 0. The van der Waals surface area contributed by atoms with E-state index in [1.165, 1.54) is 51.6 Å². The van der Waals surface area contributed by atoms with Gasteiger partial charge in [-0.1, -0.05) is 19.8 Å². The third kappa shape index (κ3) is 2.25. The minimum atomic E-state index is 0.919. The molecule has 1 aliphatic carbocycles. The topological polar surface area (TPSA) is 3.24 Å². The lowest BCUT2D eigenvalue weighted by Crippen LogP contribution is -2.44. The zero-order valence-corrected chi connectivity index (χ0v) is 8.84. The van der Waals surface area contributed by atoms with Crippen LogP contribution in [-0.2, 0) is 0 Å². The van der Waals surface area contributed by atoms with Gasteiger partial charge in [0.1, 0.15) is 0 Å². The first-order valence-corrected chi connectivity index (χ1v) is 5.93. The Bertz CT molecular complexity index is 149. The summed E-state index contributed by atoms with van der Waals surface area (Å²) in [5.74, 6) is 0.951. The van der Waals surface area contributed by atoms with Crippen molar-refractivity contribution in [1.29, 1.82) is 0 Å². The van der Waals surface area contributed by atoms with E-state index in [1.807, 2.05) is 0 Å². The van der Waals surface area contributed by atoms with Crippen LogP contribution in [0.15, 0.2) is 0 Å². The van der Waals surface area contributed by atoms with Crippen molar-refractivity contribution in [3.8, 4) is 0 Å². The van der Waals surface area contributed by atoms with Crippen LogP contribution in [0.2, 0.25) is 0 Å². The van der Waals surface area contributed by atoms with E-state index in [2.05, 4.69) is 18.2 Å². The molecule has 1 aliphatic heterocycles. The van der Waals surface area contributed by atoms with Gasteiger partial charge in [-0.15, -0.1) is 0 Å². The van der Waals surface area contributed by atoms with E-state index in [1.54, 1.807) is 0 Å². The summed E-state index contributed by atoms with van der Waals surface area (Å²) in [4.78, 5) is 2.74. The highest BCUT2D eigenvalue weighted by molar-refractivity contribution is 4.86. The van der Waals surface area contributed by atoms with Gasteiger partial charge in [-0.05, 0) is 51.1 Å². The van der Waals surface area contributed by atoms with Gasteiger partial charge >= 0.3 is 0 Å². The Labute approximate surface area is 82.5 Å². The van der Waals surface area contributed by atoms with Crippen LogP contribution in [0.3, 0.4) is 0 Å². The molecule has 0 bridgehead atoms. The lowest BCUT2D eigenvalue weighted by Gasteiger charge is -2.40. The molecule has 1 radical (unpaired) electrons. The Morgan fingerprint density at radius 1 is 1.08 bits per heavy atom. The van der Waals surface area contributed by atoms with Crippen molar-refractivity contribution in [2.75, 3.05) is 13.1 Å². The van der Waals surface area contributed by atoms with E-state index < -0.39 is 0 Å². The van der Waals surface area contributed by atoms with Gasteiger partial charge in [0.25, 0.3) is 0 Å². The zero-order valence-electron chi connectivity index (χ0n) is 8.84. The standard InChI is InChI=1S/C12H22N/c1-11-7-3-4-8-12(11)13-9-5-2-6-10-13/h2,11-12H,3-10H2,1H3. The second-order valence-electron chi connectivity index (χ2n) is 4.73. The average molecular weight is 180 g/mol. The molecule has 75 valence electrons. The summed E-state index contributed by atoms with van der Waals surface area (Å²) < 4.78 is 0. The minimum Gasteiger partial charge on any atom is -0.300 e. The predicted octanol–water partition coefficient (Wildman–Crippen LogP) is 2.87. The molecular weight excluding hydrogens is 158 g/mol. The third-order valence-corrected chi connectivity index (χ3v) is 3.78. The van der Waals surface area contributed by atoms with Crippen LogP contribution >= 0.6 is 0 Å². The van der Waals surface area contributed by atoms with Crippen molar-refractivity contribution >= 4 is 0 Å². The smallest absolute Gasteiger partial charge is 0.0121 e. The van der Waals surface area contributed by atoms with Crippen molar-refractivity contribution in [1.82, 2.24) is 4.90 Å². The zero-order chi connectivity index (χ0) is 9.10. The number of likely N-dealkylation sites (tertiary alicyclic amines) is 1. The van der Waals surface area contributed by atoms with Gasteiger partial charge in [0.05, 0.1) is 0 Å². The summed E-state index contributed by atoms with van der Waals surface area (Å²) in [6.45, 7) is 5.10. The van der Waals surface area contributed by atoms with Crippen LogP contribution in [0.25, 0.3) is 0 Å². The molecule has 0 amide bonds. The fourth-order valence-electron chi connectivity index (χ4n) is 2.94. The van der Waals surface area contributed by atoms with Gasteiger partial charge in [0.15, 0.2) is 0 Å². The summed E-state index contributed by atoms with van der Waals surface area (Å²) in [7, 11) is 0. The van der Waals surface area contributed by atoms with E-state index in [9.17, 15) is 0 Å². The van der Waals surface area contributed by atoms with Gasteiger partial charge in [-0.25, -0.2) is 0 Å². The van der Waals surface area contributed by atoms with Crippen molar-refractivity contribution < 1.29 is 0 Å². The molecule has 2 atom stereocenters. The third-order valence-electron chi connectivity index (χ3n) is 3.78. The number of rotatable bonds is 1. The molecule has 2 aliphatic rings. The SMILES string of the molecule is CC1CCCCC1N1CC[CH]CC1. The lowest BCUT2D eigenvalue weighted by atomic mass is 9.84. The van der Waals surface area contributed by atoms with Crippen LogP contribution < -0.4 is 0 Å². The predicted molar refractivity (Wildman–Crippen MR) is 56.5 cm³/mol. The van der Waals surface area contributed by atoms with Crippen LogP contribution in [0.5, 0.6) is 0 Å². The largest absolute Gasteiger partial charge is 0.300 e. The molecule has 0 aromatic heterocycles. The van der Waals surface area contributed by atoms with E-state index in [-0.39, 0.29) is 0 Å². The second kappa shape index (κ2) is 4.45. The number of piperidine rings is 1. The molecule has 2 unspecified atom stereocenters. The Morgan fingerprint density at radius 2 is 1.77 bits per heavy atom. The van der Waals surface area contributed by atoms with Gasteiger partial charge in [-0.2, -0.15) is 0 Å². The summed E-state index contributed by atoms with van der Waals surface area (Å²) in [5, 5.41) is 0. The van der Waals surface area contributed by atoms with Crippen LogP contribution in [0, 0.1) is 12.3 Å². The quantitative estimate of drug-likeness (QED) is 0.600. The van der Waals surface area contributed by atoms with E-state index >= 15 is 0 Å². The van der Waals surface area contributed by atoms with Gasteiger partial charge < -0.3 is 4.90 Å². The van der Waals surface area contributed by atoms with Crippen LogP contribution in [0.4, 0.5) is 0 Å². The minimum absolute atomic E-state index is 0.919. The lowest BCUT2D eigenvalue weighted by molar-refractivity contribution is 0.103. The highest BCUT2D eigenvalue weighted by Gasteiger charge is 2.27. The van der Waals surface area contributed by atoms with Crippen molar-refractivity contribution in [2.24, 2.45) is 5.92 Å². The Morgan fingerprint density at radius 3 is 2.46 bits per heavy atom. The fraction of sp³-hybridized carbons (Fsp3) is 0.917. The Kier molecular flexibility index (Phi) is 3.26. The first kappa shape index (κ1) is 9.51. The molecule has 2 fully saturated rings. The van der Waals surface area contributed by atoms with Crippen LogP contribution in [0.1, 0.15) is 45.4 Å². The van der Waals surface area contributed by atoms with Crippen LogP contribution in [-0.4, -0.2) is 24.0 Å². The molecule has 13 heavy (non-hydrogen) atoms. The molecular formula is C12H22N. The fourth-order valence-corrected chi connectivity index (χ4v) is 2.94. The molecule has 1 nitrogen and oxygen atoms in total. The first-order valence-electron chi connectivity index (χ1n) is 5.93. The second-order valence-corrected chi connectivity index (χ2v) is 4.73. The van der Waals surface area contributed by atoms with Crippen molar-refractivity contribution in [3.05, 3.63) is 6.42 Å². The van der Waals surface area contributed by atoms with E-state index in [4.69, 9.17) is 0 Å². The summed E-state index contributed by atoms with van der Waals surface area (Å²) in [6, 6.07) is 0.919. The van der Waals surface area contributed by atoms with Crippen molar-refractivity contribution in [3.63, 3.8) is 0 Å². The maximum absolute atomic E-state index is 2.74. The molecule has 1 saturated carbocycles.